The second kappa shape index (κ2) is 29.7. The number of esters is 4. The fourth-order valence-electron chi connectivity index (χ4n) is 11.0. The van der Waals surface area contributed by atoms with Crippen LogP contribution in [-0.4, -0.2) is 184 Å². The van der Waals surface area contributed by atoms with Crippen LogP contribution >= 0.6 is 0 Å². The van der Waals surface area contributed by atoms with Crippen LogP contribution in [0, 0.1) is 17.8 Å². The minimum atomic E-state index is -1.32. The molecule has 0 saturated carbocycles. The molecule has 1 aromatic carbocycles. The average Bonchev–Trinajstić information content (AvgIpc) is 3.32. The smallest absolute Gasteiger partial charge is 0.309 e. The van der Waals surface area contributed by atoms with E-state index in [9.17, 15) is 29.4 Å². The van der Waals surface area contributed by atoms with Gasteiger partial charge in [0, 0.05) is 72.9 Å². The lowest BCUT2D eigenvalue weighted by Crippen LogP contribution is -2.67. The second-order valence-corrected chi connectivity index (χ2v) is 20.7. The Kier molecular flexibility index (Phi) is 25.3. The molecule has 3 saturated heterocycles. The quantitative estimate of drug-likeness (QED) is 0.0702. The maximum absolute atomic E-state index is 14.0. The summed E-state index contributed by atoms with van der Waals surface area (Å²) in [6.07, 6.45) is -6.01. The molecule has 3 heterocycles. The van der Waals surface area contributed by atoms with Crippen molar-refractivity contribution in [2.75, 3.05) is 55.1 Å². The third-order valence-corrected chi connectivity index (χ3v) is 14.8. The number of unbranched alkanes of at least 4 members (excludes halogenated alkanes) is 2. The van der Waals surface area contributed by atoms with Crippen molar-refractivity contribution in [2.45, 2.75) is 211 Å². The van der Waals surface area contributed by atoms with E-state index >= 15 is 0 Å². The number of aliphatic hydroxyl groups excluding tert-OH is 2. The summed E-state index contributed by atoms with van der Waals surface area (Å²) in [6.45, 7) is 15.4. The lowest BCUT2D eigenvalue weighted by Gasteiger charge is -2.53. The van der Waals surface area contributed by atoms with E-state index in [0.29, 0.717) is 25.9 Å². The molecule has 2 N–H and O–H groups in total. The van der Waals surface area contributed by atoms with Gasteiger partial charge >= 0.3 is 23.9 Å². The molecule has 72 heavy (non-hydrogen) atoms. The predicted molar refractivity (Wildman–Crippen MR) is 267 cm³/mol. The monoisotopic (exact) mass is 1020 g/mol. The van der Waals surface area contributed by atoms with Gasteiger partial charge in [-0.25, -0.2) is 0 Å². The number of aryl methyl sites for hydroxylation is 1. The Bertz CT molecular complexity index is 1790. The Morgan fingerprint density at radius 2 is 1.57 bits per heavy atom. The first-order valence-electron chi connectivity index (χ1n) is 26.3. The van der Waals surface area contributed by atoms with E-state index in [-0.39, 0.29) is 38.0 Å². The van der Waals surface area contributed by atoms with Crippen molar-refractivity contribution in [3.05, 3.63) is 35.9 Å². The molecule has 0 radical (unpaired) electrons. The van der Waals surface area contributed by atoms with E-state index in [1.54, 1.807) is 27.7 Å². The van der Waals surface area contributed by atoms with Crippen LogP contribution in [-0.2, 0) is 73.0 Å². The summed E-state index contributed by atoms with van der Waals surface area (Å²) in [7, 11) is 8.19. The molecule has 3 aliphatic heterocycles. The van der Waals surface area contributed by atoms with E-state index in [1.807, 2.05) is 45.8 Å². The molecular formula is C54H90N2O16. The summed E-state index contributed by atoms with van der Waals surface area (Å²) in [5.74, 6) is -3.85. The number of carbonyl (C=O) groups is 4. The summed E-state index contributed by atoms with van der Waals surface area (Å²) in [5.41, 5.74) is -0.0157. The Labute approximate surface area is 429 Å². The standard InChI is InChI=1S/C54H90N2O16/c1-14-42(59)69-41-30-44(61)66-34(4)25-27-56(26-21-17-20-24-38-22-18-16-19-23-38)32-40(58)33(3)28-39(29-45(63-11)64-12)47(51(41)65-13)52-49(62)48(55(9)10)50(35(5)68-52)71-46-31-54(8,72-37(7)57)53(36(6)67-46)70-43(60)15-2/h16,18-19,22-23,33-36,39-41,45-53,58,62H,14-15,17,20-21,24-32H2,1-13H3/t33-,34-,35-,36+,39-,40+,41-,46-,47+,48-,49-,50-,51-,52+,53+,54-/m1/s1. The lowest BCUT2D eigenvalue weighted by molar-refractivity contribution is -0.320. The van der Waals surface area contributed by atoms with Crippen molar-refractivity contribution in [3.8, 4) is 0 Å². The minimum absolute atomic E-state index is 0.00155. The molecule has 3 fully saturated rings. The molecule has 1 aromatic rings. The fraction of sp³-hybridized carbons (Fsp3) is 0.815. The van der Waals surface area contributed by atoms with Gasteiger partial charge in [-0.3, -0.25) is 19.2 Å². The van der Waals surface area contributed by atoms with Crippen molar-refractivity contribution in [3.63, 3.8) is 0 Å². The highest BCUT2D eigenvalue weighted by Crippen LogP contribution is 2.43. The molecule has 0 aromatic heterocycles. The zero-order chi connectivity index (χ0) is 53.3. The zero-order valence-electron chi connectivity index (χ0n) is 45.5. The van der Waals surface area contributed by atoms with Gasteiger partial charge in [0.1, 0.15) is 24.4 Å². The van der Waals surface area contributed by atoms with E-state index < -0.39 is 121 Å². The number of carbonyl (C=O) groups excluding carboxylic acids is 4. The number of aliphatic hydroxyl groups is 2. The van der Waals surface area contributed by atoms with Crippen LogP contribution in [0.5, 0.6) is 0 Å². The van der Waals surface area contributed by atoms with Gasteiger partial charge in [0.2, 0.25) is 0 Å². The van der Waals surface area contributed by atoms with Crippen molar-refractivity contribution >= 4 is 23.9 Å². The molecule has 412 valence electrons. The van der Waals surface area contributed by atoms with Crippen LogP contribution in [0.2, 0.25) is 0 Å². The Hall–Kier alpha value is -3.30. The number of benzene rings is 1. The number of nitrogens with zero attached hydrogens (tertiary/aromatic N) is 2. The summed E-state index contributed by atoms with van der Waals surface area (Å²) in [4.78, 5) is 56.5. The van der Waals surface area contributed by atoms with Gasteiger partial charge in [-0.2, -0.15) is 0 Å². The molecule has 18 heteroatoms. The molecule has 16 atom stereocenters. The van der Waals surface area contributed by atoms with Crippen LogP contribution in [0.1, 0.15) is 125 Å². The molecule has 0 bridgehead atoms. The molecule has 0 aliphatic carbocycles. The number of hydrogen-bond acceptors (Lipinski definition) is 18. The average molecular weight is 1020 g/mol. The molecule has 0 spiro atoms. The minimum Gasteiger partial charge on any atom is -0.463 e. The van der Waals surface area contributed by atoms with Crippen LogP contribution < -0.4 is 0 Å². The predicted octanol–water partition coefficient (Wildman–Crippen LogP) is 5.63. The van der Waals surface area contributed by atoms with Crippen LogP contribution in [0.3, 0.4) is 0 Å². The van der Waals surface area contributed by atoms with Gasteiger partial charge in [0.15, 0.2) is 24.3 Å². The van der Waals surface area contributed by atoms with Gasteiger partial charge in [0.05, 0.1) is 43.0 Å². The van der Waals surface area contributed by atoms with Gasteiger partial charge in [-0.1, -0.05) is 57.5 Å². The number of ether oxygens (including phenoxy) is 10. The number of methoxy groups -OCH3 is 3. The Balaban J connectivity index is 1.76. The Morgan fingerprint density at radius 3 is 2.18 bits per heavy atom. The van der Waals surface area contributed by atoms with E-state index in [2.05, 4.69) is 29.2 Å². The van der Waals surface area contributed by atoms with Crippen molar-refractivity contribution < 1.29 is 76.8 Å². The fourth-order valence-corrected chi connectivity index (χ4v) is 11.0. The largest absolute Gasteiger partial charge is 0.463 e. The van der Waals surface area contributed by atoms with E-state index in [4.69, 9.17) is 47.4 Å². The summed E-state index contributed by atoms with van der Waals surface area (Å²) >= 11 is 0. The summed E-state index contributed by atoms with van der Waals surface area (Å²) in [6, 6.07) is 9.65. The normalized spacial score (nSPS) is 34.7. The molecule has 0 amide bonds. The van der Waals surface area contributed by atoms with Crippen molar-refractivity contribution in [1.82, 2.24) is 9.80 Å². The lowest BCUT2D eigenvalue weighted by atomic mass is 9.70. The third-order valence-electron chi connectivity index (χ3n) is 14.8. The highest BCUT2D eigenvalue weighted by molar-refractivity contribution is 5.73. The van der Waals surface area contributed by atoms with Gasteiger partial charge in [0.25, 0.3) is 0 Å². The Morgan fingerprint density at radius 1 is 0.903 bits per heavy atom. The highest BCUT2D eigenvalue weighted by atomic mass is 16.7. The number of cyclic esters (lactones) is 1. The molecule has 3 aliphatic rings. The molecule has 4 rings (SSSR count). The highest BCUT2D eigenvalue weighted by Gasteiger charge is 2.56. The van der Waals surface area contributed by atoms with E-state index in [0.717, 1.165) is 32.2 Å². The third kappa shape index (κ3) is 17.7. The summed E-state index contributed by atoms with van der Waals surface area (Å²) in [5, 5.41) is 25.1. The van der Waals surface area contributed by atoms with Crippen LogP contribution in [0.15, 0.2) is 30.3 Å². The van der Waals surface area contributed by atoms with Crippen molar-refractivity contribution in [1.29, 1.82) is 0 Å². The SMILES string of the molecule is CCC(=O)O[C@@H]1CC(=O)O[C@H](C)CCN(CCCCCc2ccccc2)C[C@H](O)[C@H](C)C[C@H](CC(OC)OC)[C@H]([C@@H]2O[C@H](C)[C@@H](O[C@@H]3C[C@@](C)(OC(C)=O)[C@@H](OC(=O)CC)[C@H](C)O3)[C@H](N(C)C)[C@H]2O)[C@@H]1OC. The van der Waals surface area contributed by atoms with Gasteiger partial charge in [-0.05, 0) is 97.8 Å². The van der Waals surface area contributed by atoms with Crippen LogP contribution in [0.4, 0.5) is 0 Å². The first-order valence-corrected chi connectivity index (χ1v) is 26.3. The number of rotatable bonds is 20. The van der Waals surface area contributed by atoms with Crippen LogP contribution in [0.25, 0.3) is 0 Å². The first kappa shape index (κ1) is 61.2. The first-order chi connectivity index (χ1) is 34.2. The number of likely N-dealkylation sites (N-methyl/N-ethyl adjacent to an activating group) is 1. The topological polar surface area (TPSA) is 208 Å². The molecule has 18 nitrogen and oxygen atoms in total. The van der Waals surface area contributed by atoms with Gasteiger partial charge < -0.3 is 67.4 Å². The molecule has 0 unspecified atom stereocenters. The van der Waals surface area contributed by atoms with Crippen molar-refractivity contribution in [2.24, 2.45) is 17.8 Å². The second-order valence-electron chi connectivity index (χ2n) is 20.7. The van der Waals surface area contributed by atoms with E-state index in [1.165, 1.54) is 33.8 Å². The zero-order valence-corrected chi connectivity index (χ0v) is 45.5. The van der Waals surface area contributed by atoms with Gasteiger partial charge in [-0.15, -0.1) is 0 Å². The summed E-state index contributed by atoms with van der Waals surface area (Å²) < 4.78 is 62.0. The maximum Gasteiger partial charge on any atom is 0.309 e. The number of hydrogen-bond donors (Lipinski definition) is 2. The maximum atomic E-state index is 14.0. The number of β-amino-alcohol motifs (C(OH)–C–C–N with tert-alkyl or cyclic N) is 1. The molecular weight excluding hydrogens is 933 g/mol.